The zero-order chi connectivity index (χ0) is 17.8. The van der Waals surface area contributed by atoms with Gasteiger partial charge in [0.05, 0.1) is 12.1 Å². The van der Waals surface area contributed by atoms with Gasteiger partial charge in [-0.05, 0) is 35.7 Å². The van der Waals surface area contributed by atoms with Gasteiger partial charge in [-0.25, -0.2) is 0 Å². The van der Waals surface area contributed by atoms with Gasteiger partial charge in [-0.3, -0.25) is 4.79 Å². The Bertz CT molecular complexity index is 878. The average molecular weight is 358 g/mol. The standard InChI is InChI=1S/C19H20ClN3O2/c20-14-5-3-4-12(8-14)18(24)11-23-17(19(21)25)9-13-10-22-16-7-2-1-6-15(13)16/h1-8,10,17-18,22-24H,9,11H2,(H2,21,25)/t17-,18?/m0/s1. The lowest BCUT2D eigenvalue weighted by atomic mass is 10.0. The molecular weight excluding hydrogens is 338 g/mol. The minimum absolute atomic E-state index is 0.205. The van der Waals surface area contributed by atoms with Gasteiger partial charge < -0.3 is 21.1 Å². The molecule has 0 aliphatic carbocycles. The van der Waals surface area contributed by atoms with Crippen molar-refractivity contribution in [2.24, 2.45) is 5.73 Å². The summed E-state index contributed by atoms with van der Waals surface area (Å²) >= 11 is 5.94. The van der Waals surface area contributed by atoms with Crippen molar-refractivity contribution in [2.75, 3.05) is 6.54 Å². The molecule has 130 valence electrons. The minimum atomic E-state index is -0.775. The lowest BCUT2D eigenvalue weighted by Crippen LogP contribution is -2.44. The van der Waals surface area contributed by atoms with Crippen LogP contribution in [0, 0.1) is 0 Å². The number of carbonyl (C=O) groups is 1. The van der Waals surface area contributed by atoms with Crippen molar-refractivity contribution in [3.8, 4) is 0 Å². The van der Waals surface area contributed by atoms with Crippen molar-refractivity contribution in [1.29, 1.82) is 0 Å². The fraction of sp³-hybridized carbons (Fsp3) is 0.211. The van der Waals surface area contributed by atoms with Crippen LogP contribution in [-0.2, 0) is 11.2 Å². The number of H-pyrrole nitrogens is 1. The van der Waals surface area contributed by atoms with E-state index in [9.17, 15) is 9.90 Å². The van der Waals surface area contributed by atoms with Crippen molar-refractivity contribution in [3.63, 3.8) is 0 Å². The van der Waals surface area contributed by atoms with Crippen molar-refractivity contribution in [1.82, 2.24) is 10.3 Å². The molecular formula is C19H20ClN3O2. The van der Waals surface area contributed by atoms with Crippen molar-refractivity contribution < 1.29 is 9.90 Å². The highest BCUT2D eigenvalue weighted by atomic mass is 35.5. The molecule has 0 bridgehead atoms. The van der Waals surface area contributed by atoms with Gasteiger partial charge in [-0.1, -0.05) is 41.9 Å². The number of primary amides is 1. The molecule has 1 aromatic heterocycles. The number of aromatic amines is 1. The summed E-state index contributed by atoms with van der Waals surface area (Å²) in [5, 5.41) is 15.0. The molecule has 0 aliphatic heterocycles. The van der Waals surface area contributed by atoms with E-state index in [0.717, 1.165) is 16.5 Å². The number of nitrogens with two attached hydrogens (primary N) is 1. The molecule has 1 unspecified atom stereocenters. The van der Waals surface area contributed by atoms with Crippen molar-refractivity contribution in [2.45, 2.75) is 18.6 Å². The maximum Gasteiger partial charge on any atom is 0.234 e. The largest absolute Gasteiger partial charge is 0.387 e. The van der Waals surface area contributed by atoms with E-state index in [2.05, 4.69) is 10.3 Å². The number of halogens is 1. The molecule has 3 aromatic rings. The number of hydrogen-bond acceptors (Lipinski definition) is 3. The van der Waals surface area contributed by atoms with Gasteiger partial charge in [0.1, 0.15) is 0 Å². The second-order valence-electron chi connectivity index (χ2n) is 6.00. The third-order valence-corrected chi connectivity index (χ3v) is 4.47. The molecule has 0 saturated heterocycles. The molecule has 2 aromatic carbocycles. The van der Waals surface area contributed by atoms with E-state index < -0.39 is 18.1 Å². The quantitative estimate of drug-likeness (QED) is 0.523. The van der Waals surface area contributed by atoms with E-state index in [1.807, 2.05) is 30.5 Å². The van der Waals surface area contributed by atoms with E-state index in [0.29, 0.717) is 17.0 Å². The Morgan fingerprint density at radius 2 is 2.04 bits per heavy atom. The van der Waals surface area contributed by atoms with E-state index in [4.69, 9.17) is 17.3 Å². The van der Waals surface area contributed by atoms with Gasteiger partial charge in [0, 0.05) is 28.7 Å². The van der Waals surface area contributed by atoms with Crippen LogP contribution in [0.3, 0.4) is 0 Å². The Balaban J connectivity index is 1.68. The number of nitrogens with one attached hydrogen (secondary N) is 2. The molecule has 1 amide bonds. The molecule has 3 rings (SSSR count). The summed E-state index contributed by atoms with van der Waals surface area (Å²) in [6, 6.07) is 14.3. The summed E-state index contributed by atoms with van der Waals surface area (Å²) in [6.45, 7) is 0.205. The molecule has 25 heavy (non-hydrogen) atoms. The fourth-order valence-electron chi connectivity index (χ4n) is 2.88. The Morgan fingerprint density at radius 1 is 1.24 bits per heavy atom. The third-order valence-electron chi connectivity index (χ3n) is 4.23. The van der Waals surface area contributed by atoms with Gasteiger partial charge >= 0.3 is 0 Å². The third kappa shape index (κ3) is 4.20. The number of aliphatic hydroxyl groups excluding tert-OH is 1. The zero-order valence-electron chi connectivity index (χ0n) is 13.6. The van der Waals surface area contributed by atoms with E-state index in [1.165, 1.54) is 0 Å². The van der Waals surface area contributed by atoms with Gasteiger partial charge in [-0.15, -0.1) is 0 Å². The molecule has 0 fully saturated rings. The Morgan fingerprint density at radius 3 is 2.80 bits per heavy atom. The smallest absolute Gasteiger partial charge is 0.234 e. The molecule has 0 radical (unpaired) electrons. The topological polar surface area (TPSA) is 91.1 Å². The first-order valence-corrected chi connectivity index (χ1v) is 8.43. The number of benzene rings is 2. The van der Waals surface area contributed by atoms with Gasteiger partial charge in [0.15, 0.2) is 0 Å². The van der Waals surface area contributed by atoms with E-state index >= 15 is 0 Å². The van der Waals surface area contributed by atoms with Crippen molar-refractivity contribution >= 4 is 28.4 Å². The number of rotatable bonds is 7. The van der Waals surface area contributed by atoms with Crippen molar-refractivity contribution in [3.05, 3.63) is 70.9 Å². The molecule has 0 spiro atoms. The van der Waals surface area contributed by atoms with E-state index in [1.54, 1.807) is 24.3 Å². The minimum Gasteiger partial charge on any atom is -0.387 e. The number of hydrogen-bond donors (Lipinski definition) is 4. The number of amides is 1. The van der Waals surface area contributed by atoms with Crippen LogP contribution < -0.4 is 11.1 Å². The van der Waals surface area contributed by atoms with E-state index in [-0.39, 0.29) is 6.54 Å². The molecule has 5 N–H and O–H groups in total. The number of para-hydroxylation sites is 1. The average Bonchev–Trinajstić information content (AvgIpc) is 3.01. The van der Waals surface area contributed by atoms with Gasteiger partial charge in [-0.2, -0.15) is 0 Å². The molecule has 2 atom stereocenters. The molecule has 6 heteroatoms. The van der Waals surface area contributed by atoms with Crippen LogP contribution in [0.25, 0.3) is 10.9 Å². The fourth-order valence-corrected chi connectivity index (χ4v) is 3.08. The summed E-state index contributed by atoms with van der Waals surface area (Å²) in [7, 11) is 0. The maximum absolute atomic E-state index is 11.8. The van der Waals surface area contributed by atoms with Crippen LogP contribution in [0.15, 0.2) is 54.7 Å². The number of aliphatic hydroxyl groups is 1. The Labute approximate surface area is 150 Å². The van der Waals surface area contributed by atoms with Crippen LogP contribution in [0.2, 0.25) is 5.02 Å². The highest BCUT2D eigenvalue weighted by Crippen LogP contribution is 2.20. The van der Waals surface area contributed by atoms with Crippen LogP contribution in [-0.4, -0.2) is 28.6 Å². The van der Waals surface area contributed by atoms with Crippen LogP contribution in [0.5, 0.6) is 0 Å². The second kappa shape index (κ2) is 7.70. The Hall–Kier alpha value is -2.34. The number of aromatic nitrogens is 1. The van der Waals surface area contributed by atoms with Gasteiger partial charge in [0.2, 0.25) is 5.91 Å². The summed E-state index contributed by atoms with van der Waals surface area (Å²) in [6.07, 6.45) is 1.56. The van der Waals surface area contributed by atoms with Crippen LogP contribution in [0.1, 0.15) is 17.2 Å². The lowest BCUT2D eigenvalue weighted by Gasteiger charge is -2.18. The monoisotopic (exact) mass is 357 g/mol. The summed E-state index contributed by atoms with van der Waals surface area (Å²) in [4.78, 5) is 15.0. The van der Waals surface area contributed by atoms with Gasteiger partial charge in [0.25, 0.3) is 0 Å². The first kappa shape index (κ1) is 17.5. The summed E-state index contributed by atoms with van der Waals surface area (Å²) in [5.41, 5.74) is 8.24. The first-order valence-electron chi connectivity index (χ1n) is 8.06. The maximum atomic E-state index is 11.8. The second-order valence-corrected chi connectivity index (χ2v) is 6.43. The molecule has 0 aliphatic rings. The normalized spacial score (nSPS) is 13.7. The first-order chi connectivity index (χ1) is 12.0. The lowest BCUT2D eigenvalue weighted by molar-refractivity contribution is -0.120. The molecule has 0 saturated carbocycles. The summed E-state index contributed by atoms with van der Waals surface area (Å²) < 4.78 is 0. The Kier molecular flexibility index (Phi) is 5.38. The predicted molar refractivity (Wildman–Crippen MR) is 99.4 cm³/mol. The number of fused-ring (bicyclic) bond motifs is 1. The molecule has 1 heterocycles. The highest BCUT2D eigenvalue weighted by Gasteiger charge is 2.19. The zero-order valence-corrected chi connectivity index (χ0v) is 14.3. The van der Waals surface area contributed by atoms with Crippen LogP contribution in [0.4, 0.5) is 0 Å². The summed E-state index contributed by atoms with van der Waals surface area (Å²) in [5.74, 6) is -0.455. The molecule has 5 nitrogen and oxygen atoms in total. The highest BCUT2D eigenvalue weighted by molar-refractivity contribution is 6.30. The van der Waals surface area contributed by atoms with Crippen LogP contribution >= 0.6 is 11.6 Å². The predicted octanol–water partition coefficient (Wildman–Crippen LogP) is 2.54. The number of carbonyl (C=O) groups excluding carboxylic acids is 1. The SMILES string of the molecule is NC(=O)[C@H](Cc1c[nH]c2ccccc12)NCC(O)c1cccc(Cl)c1.